The molecule has 1 fully saturated rings. The van der Waals surface area contributed by atoms with Gasteiger partial charge in [-0.2, -0.15) is 0 Å². The van der Waals surface area contributed by atoms with Crippen molar-refractivity contribution in [3.05, 3.63) is 64.7 Å². The van der Waals surface area contributed by atoms with E-state index in [4.69, 9.17) is 5.14 Å². The Kier molecular flexibility index (Phi) is 5.94. The monoisotopic (exact) mass is 387 g/mol. The number of hydrogen-bond donors (Lipinski definition) is 2. The molecule has 144 valence electrons. The molecule has 0 atom stereocenters. The highest BCUT2D eigenvalue weighted by molar-refractivity contribution is 7.89. The van der Waals surface area contributed by atoms with Gasteiger partial charge < -0.3 is 5.32 Å². The van der Waals surface area contributed by atoms with E-state index >= 15 is 0 Å². The number of hydrogen-bond acceptors (Lipinski definition) is 4. The minimum atomic E-state index is -3.84. The van der Waals surface area contributed by atoms with E-state index in [1.165, 1.54) is 30.5 Å². The normalized spacial score (nSPS) is 15.0. The molecule has 0 radical (unpaired) electrons. The fraction of sp³-hybridized carbons (Fsp3) is 0.350. The summed E-state index contributed by atoms with van der Waals surface area (Å²) in [6, 6.07) is 12.5. The van der Waals surface area contributed by atoms with Crippen LogP contribution in [0.5, 0.6) is 0 Å². The van der Waals surface area contributed by atoms with E-state index in [-0.39, 0.29) is 10.8 Å². The van der Waals surface area contributed by atoms with Crippen LogP contribution in [-0.4, -0.2) is 32.3 Å². The van der Waals surface area contributed by atoms with E-state index in [1.807, 2.05) is 12.1 Å². The first-order chi connectivity index (χ1) is 12.8. The van der Waals surface area contributed by atoms with Crippen molar-refractivity contribution < 1.29 is 13.2 Å². The van der Waals surface area contributed by atoms with Gasteiger partial charge in [0.2, 0.25) is 10.0 Å². The topological polar surface area (TPSA) is 92.5 Å². The molecule has 3 N–H and O–H groups in total. The summed E-state index contributed by atoms with van der Waals surface area (Å²) in [5.74, 6) is -0.320. The Morgan fingerprint density at radius 2 is 1.70 bits per heavy atom. The molecule has 7 heteroatoms. The van der Waals surface area contributed by atoms with Gasteiger partial charge in [-0.3, -0.25) is 9.69 Å². The molecule has 0 aliphatic carbocycles. The lowest BCUT2D eigenvalue weighted by Crippen LogP contribution is -2.24. The molecule has 0 saturated carbocycles. The van der Waals surface area contributed by atoms with Crippen molar-refractivity contribution >= 4 is 15.9 Å². The zero-order valence-corrected chi connectivity index (χ0v) is 16.3. The first-order valence-corrected chi connectivity index (χ1v) is 10.6. The van der Waals surface area contributed by atoms with Crippen LogP contribution in [0.25, 0.3) is 0 Å². The van der Waals surface area contributed by atoms with E-state index in [0.29, 0.717) is 17.7 Å². The van der Waals surface area contributed by atoms with Crippen LogP contribution in [0.4, 0.5) is 0 Å². The van der Waals surface area contributed by atoms with Gasteiger partial charge in [-0.25, -0.2) is 13.6 Å². The second kappa shape index (κ2) is 8.21. The summed E-state index contributed by atoms with van der Waals surface area (Å²) in [5.41, 5.74) is 3.27. The molecule has 2 aromatic carbocycles. The number of carbonyl (C=O) groups excluding carboxylic acids is 1. The van der Waals surface area contributed by atoms with Crippen molar-refractivity contribution in [3.8, 4) is 0 Å². The highest BCUT2D eigenvalue weighted by atomic mass is 32.2. The van der Waals surface area contributed by atoms with Crippen LogP contribution < -0.4 is 10.5 Å². The number of rotatable bonds is 6. The molecular formula is C20H25N3O3S. The molecule has 1 aliphatic rings. The predicted molar refractivity (Wildman–Crippen MR) is 105 cm³/mol. The van der Waals surface area contributed by atoms with E-state index in [1.54, 1.807) is 13.0 Å². The van der Waals surface area contributed by atoms with Crippen molar-refractivity contribution in [1.29, 1.82) is 0 Å². The van der Waals surface area contributed by atoms with Crippen LogP contribution >= 0.6 is 0 Å². The number of carbonyl (C=O) groups is 1. The third-order valence-corrected chi connectivity index (χ3v) is 5.77. The summed E-state index contributed by atoms with van der Waals surface area (Å²) in [6.45, 7) is 5.42. The van der Waals surface area contributed by atoms with Gasteiger partial charge in [0.1, 0.15) is 0 Å². The van der Waals surface area contributed by atoms with Gasteiger partial charge in [0.25, 0.3) is 5.91 Å². The van der Waals surface area contributed by atoms with Crippen molar-refractivity contribution in [1.82, 2.24) is 10.2 Å². The number of nitrogens with zero attached hydrogens (tertiary/aromatic N) is 1. The number of aryl methyl sites for hydroxylation is 1. The average molecular weight is 388 g/mol. The summed E-state index contributed by atoms with van der Waals surface area (Å²) in [7, 11) is -3.84. The van der Waals surface area contributed by atoms with Crippen LogP contribution in [0.2, 0.25) is 0 Å². The van der Waals surface area contributed by atoms with Gasteiger partial charge in [-0.15, -0.1) is 0 Å². The Hall–Kier alpha value is -2.22. The molecule has 27 heavy (non-hydrogen) atoms. The van der Waals surface area contributed by atoms with Crippen molar-refractivity contribution in [2.75, 3.05) is 13.1 Å². The molecular weight excluding hydrogens is 362 g/mol. The maximum Gasteiger partial charge on any atom is 0.251 e. The van der Waals surface area contributed by atoms with E-state index < -0.39 is 10.0 Å². The van der Waals surface area contributed by atoms with Gasteiger partial charge in [0.05, 0.1) is 4.90 Å². The summed E-state index contributed by atoms with van der Waals surface area (Å²) < 4.78 is 23.0. The highest BCUT2D eigenvalue weighted by Gasteiger charge is 2.15. The van der Waals surface area contributed by atoms with Crippen molar-refractivity contribution in [2.45, 2.75) is 37.8 Å². The second-order valence-electron chi connectivity index (χ2n) is 7.00. The van der Waals surface area contributed by atoms with Crippen LogP contribution in [0, 0.1) is 6.92 Å². The van der Waals surface area contributed by atoms with E-state index in [0.717, 1.165) is 25.2 Å². The summed E-state index contributed by atoms with van der Waals surface area (Å²) >= 11 is 0. The summed E-state index contributed by atoms with van der Waals surface area (Å²) in [4.78, 5) is 14.8. The number of sulfonamides is 1. The molecule has 0 unspecified atom stereocenters. The number of primary sulfonamides is 1. The Labute approximate surface area is 160 Å². The molecule has 6 nitrogen and oxygen atoms in total. The lowest BCUT2D eigenvalue weighted by atomic mass is 10.1. The second-order valence-corrected chi connectivity index (χ2v) is 8.57. The fourth-order valence-electron chi connectivity index (χ4n) is 3.26. The highest BCUT2D eigenvalue weighted by Crippen LogP contribution is 2.16. The van der Waals surface area contributed by atoms with Crippen molar-refractivity contribution in [3.63, 3.8) is 0 Å². The predicted octanol–water partition coefficient (Wildman–Crippen LogP) is 2.17. The molecule has 2 aromatic rings. The minimum Gasteiger partial charge on any atom is -0.348 e. The Balaban J connectivity index is 1.62. The molecule has 0 aromatic heterocycles. The van der Waals surface area contributed by atoms with Crippen LogP contribution in [-0.2, 0) is 23.1 Å². The third-order valence-electron chi connectivity index (χ3n) is 4.86. The number of likely N-dealkylation sites (tertiary alicyclic amines) is 1. The molecule has 1 aliphatic heterocycles. The van der Waals surface area contributed by atoms with Crippen LogP contribution in [0.3, 0.4) is 0 Å². The average Bonchev–Trinajstić information content (AvgIpc) is 3.13. The molecule has 0 bridgehead atoms. The molecule has 1 amide bonds. The number of benzene rings is 2. The first kappa shape index (κ1) is 19.5. The lowest BCUT2D eigenvalue weighted by Gasteiger charge is -2.15. The standard InChI is InChI=1S/C20H25N3O3S/c1-15-4-9-18(27(21,25)26)12-19(15)20(24)22-13-16-5-7-17(8-6-16)14-23-10-2-3-11-23/h4-9,12H,2-3,10-11,13-14H2,1H3,(H,22,24)(H2,21,25,26). The Morgan fingerprint density at radius 1 is 1.07 bits per heavy atom. The molecule has 3 rings (SSSR count). The SMILES string of the molecule is Cc1ccc(S(N)(=O)=O)cc1C(=O)NCc1ccc(CN2CCCC2)cc1. The largest absolute Gasteiger partial charge is 0.348 e. The van der Waals surface area contributed by atoms with Gasteiger partial charge in [-0.1, -0.05) is 30.3 Å². The van der Waals surface area contributed by atoms with Crippen molar-refractivity contribution in [2.24, 2.45) is 5.14 Å². The molecule has 0 spiro atoms. The zero-order valence-electron chi connectivity index (χ0n) is 15.4. The Morgan fingerprint density at radius 3 is 2.33 bits per heavy atom. The first-order valence-electron chi connectivity index (χ1n) is 9.05. The van der Waals surface area contributed by atoms with Gasteiger partial charge >= 0.3 is 0 Å². The maximum atomic E-state index is 12.5. The van der Waals surface area contributed by atoms with Gasteiger partial charge in [0, 0.05) is 18.7 Å². The third kappa shape index (κ3) is 5.15. The fourth-order valence-corrected chi connectivity index (χ4v) is 3.80. The zero-order chi connectivity index (χ0) is 19.4. The molecule has 1 saturated heterocycles. The quantitative estimate of drug-likeness (QED) is 0.794. The smallest absolute Gasteiger partial charge is 0.251 e. The minimum absolute atomic E-state index is 0.0653. The summed E-state index contributed by atoms with van der Waals surface area (Å²) in [5, 5.41) is 7.99. The van der Waals surface area contributed by atoms with E-state index in [2.05, 4.69) is 22.3 Å². The summed E-state index contributed by atoms with van der Waals surface area (Å²) in [6.07, 6.45) is 2.55. The number of amides is 1. The van der Waals surface area contributed by atoms with E-state index in [9.17, 15) is 13.2 Å². The molecule has 1 heterocycles. The lowest BCUT2D eigenvalue weighted by molar-refractivity contribution is 0.0950. The maximum absolute atomic E-state index is 12.5. The van der Waals surface area contributed by atoms with Crippen LogP contribution in [0.15, 0.2) is 47.4 Å². The number of nitrogens with one attached hydrogen (secondary N) is 1. The van der Waals surface area contributed by atoms with Gasteiger partial charge in [0.15, 0.2) is 0 Å². The Bertz CT molecular complexity index is 918. The number of nitrogens with two attached hydrogens (primary N) is 1. The van der Waals surface area contributed by atoms with Gasteiger partial charge in [-0.05, 0) is 61.7 Å². The van der Waals surface area contributed by atoms with Crippen LogP contribution in [0.1, 0.15) is 39.9 Å².